The van der Waals surface area contributed by atoms with E-state index >= 15 is 0 Å². The van der Waals surface area contributed by atoms with Crippen LogP contribution in [0.1, 0.15) is 30.6 Å². The Balaban J connectivity index is 2.02. The third-order valence-corrected chi connectivity index (χ3v) is 3.12. The molecule has 1 heterocycles. The van der Waals surface area contributed by atoms with E-state index in [1.54, 1.807) is 35.3 Å². The number of benzene rings is 1. The Kier molecular flexibility index (Phi) is 5.05. The molecule has 0 saturated carbocycles. The Bertz CT molecular complexity index is 564. The summed E-state index contributed by atoms with van der Waals surface area (Å²) in [7, 11) is 0. The smallest absolute Gasteiger partial charge is 0.251 e. The highest BCUT2D eigenvalue weighted by atomic mass is 16.3. The maximum Gasteiger partial charge on any atom is 0.251 e. The number of aromatic nitrogens is 3. The molecule has 2 rings (SSSR count). The van der Waals surface area contributed by atoms with Crippen LogP contribution in [-0.4, -0.2) is 38.4 Å². The Labute approximate surface area is 123 Å². The predicted molar refractivity (Wildman–Crippen MR) is 79.2 cm³/mol. The number of hydrogen-bond donors (Lipinski definition) is 2. The summed E-state index contributed by atoms with van der Waals surface area (Å²) in [6.45, 7) is 4.06. The Morgan fingerprint density at radius 1 is 1.33 bits per heavy atom. The van der Waals surface area contributed by atoms with Gasteiger partial charge in [-0.3, -0.25) is 4.79 Å². The number of nitrogens with zero attached hydrogens (tertiary/aromatic N) is 3. The Morgan fingerprint density at radius 3 is 2.57 bits per heavy atom. The summed E-state index contributed by atoms with van der Waals surface area (Å²) in [4.78, 5) is 16.0. The van der Waals surface area contributed by atoms with Crippen molar-refractivity contribution in [3.05, 3.63) is 42.5 Å². The first kappa shape index (κ1) is 15.2. The van der Waals surface area contributed by atoms with Gasteiger partial charge in [-0.05, 0) is 36.6 Å². The molecule has 0 bridgehead atoms. The summed E-state index contributed by atoms with van der Waals surface area (Å²) in [6, 6.07) is 6.86. The van der Waals surface area contributed by atoms with Crippen LogP contribution in [-0.2, 0) is 0 Å². The van der Waals surface area contributed by atoms with E-state index in [0.717, 1.165) is 12.1 Å². The zero-order valence-corrected chi connectivity index (χ0v) is 12.2. The third kappa shape index (κ3) is 4.13. The third-order valence-electron chi connectivity index (χ3n) is 3.12. The monoisotopic (exact) mass is 288 g/mol. The van der Waals surface area contributed by atoms with Crippen molar-refractivity contribution in [3.8, 4) is 5.69 Å². The second kappa shape index (κ2) is 6.99. The highest BCUT2D eigenvalue weighted by Gasteiger charge is 2.14. The number of aliphatic hydroxyl groups is 1. The van der Waals surface area contributed by atoms with Crippen molar-refractivity contribution >= 4 is 5.91 Å². The van der Waals surface area contributed by atoms with Crippen LogP contribution in [0, 0.1) is 5.92 Å². The lowest BCUT2D eigenvalue weighted by molar-refractivity contribution is 0.0908. The van der Waals surface area contributed by atoms with Crippen LogP contribution in [0.4, 0.5) is 0 Å². The zero-order chi connectivity index (χ0) is 15.2. The fourth-order valence-electron chi connectivity index (χ4n) is 2.12. The minimum atomic E-state index is -0.215. The van der Waals surface area contributed by atoms with Crippen LogP contribution in [0.3, 0.4) is 0 Å². The van der Waals surface area contributed by atoms with Crippen LogP contribution in [0.2, 0.25) is 0 Å². The SMILES string of the molecule is CC(C)CC(CO)NC(=O)c1ccc(-n2cncn2)cc1. The number of amides is 1. The van der Waals surface area contributed by atoms with Crippen molar-refractivity contribution in [1.29, 1.82) is 0 Å². The van der Waals surface area contributed by atoms with Crippen molar-refractivity contribution in [1.82, 2.24) is 20.1 Å². The summed E-state index contributed by atoms with van der Waals surface area (Å²) in [5, 5.41) is 16.2. The largest absolute Gasteiger partial charge is 0.394 e. The zero-order valence-electron chi connectivity index (χ0n) is 12.2. The number of carbonyl (C=O) groups is 1. The van der Waals surface area contributed by atoms with Crippen LogP contribution in [0.15, 0.2) is 36.9 Å². The fourth-order valence-corrected chi connectivity index (χ4v) is 2.12. The van der Waals surface area contributed by atoms with Crippen molar-refractivity contribution in [2.45, 2.75) is 26.3 Å². The average Bonchev–Trinajstić information content (AvgIpc) is 3.00. The van der Waals surface area contributed by atoms with Gasteiger partial charge in [0.25, 0.3) is 5.91 Å². The van der Waals surface area contributed by atoms with E-state index in [-0.39, 0.29) is 18.6 Å². The lowest BCUT2D eigenvalue weighted by Crippen LogP contribution is -2.38. The first-order valence-electron chi connectivity index (χ1n) is 6.97. The average molecular weight is 288 g/mol. The number of hydrogen-bond acceptors (Lipinski definition) is 4. The van der Waals surface area contributed by atoms with Crippen LogP contribution < -0.4 is 5.32 Å². The molecular formula is C15H20N4O2. The van der Waals surface area contributed by atoms with Crippen molar-refractivity contribution in [2.75, 3.05) is 6.61 Å². The first-order valence-corrected chi connectivity index (χ1v) is 6.97. The van der Waals surface area contributed by atoms with Gasteiger partial charge in [-0.2, -0.15) is 5.10 Å². The molecule has 6 heteroatoms. The van der Waals surface area contributed by atoms with Gasteiger partial charge >= 0.3 is 0 Å². The molecular weight excluding hydrogens is 268 g/mol. The highest BCUT2D eigenvalue weighted by Crippen LogP contribution is 2.09. The molecule has 2 N–H and O–H groups in total. The molecule has 21 heavy (non-hydrogen) atoms. The molecule has 1 aromatic carbocycles. The Hall–Kier alpha value is -2.21. The van der Waals surface area contributed by atoms with Crippen molar-refractivity contribution in [2.24, 2.45) is 5.92 Å². The molecule has 0 aliphatic carbocycles. The maximum atomic E-state index is 12.1. The molecule has 0 saturated heterocycles. The van der Waals surface area contributed by atoms with Crippen molar-refractivity contribution in [3.63, 3.8) is 0 Å². The highest BCUT2D eigenvalue weighted by molar-refractivity contribution is 5.94. The molecule has 1 aromatic heterocycles. The maximum absolute atomic E-state index is 12.1. The lowest BCUT2D eigenvalue weighted by Gasteiger charge is -2.18. The van der Waals surface area contributed by atoms with E-state index in [1.807, 2.05) is 0 Å². The quantitative estimate of drug-likeness (QED) is 0.842. The molecule has 0 fully saturated rings. The van der Waals surface area contributed by atoms with Gasteiger partial charge in [0.2, 0.25) is 0 Å². The van der Waals surface area contributed by atoms with Crippen LogP contribution >= 0.6 is 0 Å². The van der Waals surface area contributed by atoms with Gasteiger partial charge in [0, 0.05) is 5.56 Å². The van der Waals surface area contributed by atoms with Gasteiger partial charge in [0.1, 0.15) is 12.7 Å². The van der Waals surface area contributed by atoms with E-state index < -0.39 is 0 Å². The second-order valence-electron chi connectivity index (χ2n) is 5.37. The summed E-state index contributed by atoms with van der Waals surface area (Å²) >= 11 is 0. The van der Waals surface area contributed by atoms with Gasteiger partial charge in [-0.25, -0.2) is 9.67 Å². The van der Waals surface area contributed by atoms with Crippen molar-refractivity contribution < 1.29 is 9.90 Å². The van der Waals surface area contributed by atoms with E-state index in [0.29, 0.717) is 11.5 Å². The van der Waals surface area contributed by atoms with Gasteiger partial charge in [-0.1, -0.05) is 13.8 Å². The van der Waals surface area contributed by atoms with Gasteiger partial charge in [-0.15, -0.1) is 0 Å². The number of nitrogens with one attached hydrogen (secondary N) is 1. The normalized spacial score (nSPS) is 12.4. The fraction of sp³-hybridized carbons (Fsp3) is 0.400. The van der Waals surface area contributed by atoms with Gasteiger partial charge in [0.05, 0.1) is 18.3 Å². The molecule has 1 unspecified atom stereocenters. The predicted octanol–water partition coefficient (Wildman–Crippen LogP) is 1.40. The first-order chi connectivity index (χ1) is 10.1. The summed E-state index contributed by atoms with van der Waals surface area (Å²) in [5.74, 6) is 0.233. The lowest BCUT2D eigenvalue weighted by atomic mass is 10.0. The van der Waals surface area contributed by atoms with E-state index in [1.165, 1.54) is 6.33 Å². The molecule has 6 nitrogen and oxygen atoms in total. The molecule has 0 aliphatic heterocycles. The molecule has 0 radical (unpaired) electrons. The van der Waals surface area contributed by atoms with Gasteiger partial charge in [0.15, 0.2) is 0 Å². The van der Waals surface area contributed by atoms with E-state index in [9.17, 15) is 9.90 Å². The molecule has 1 atom stereocenters. The number of aliphatic hydroxyl groups excluding tert-OH is 1. The Morgan fingerprint density at radius 2 is 2.05 bits per heavy atom. The minimum absolute atomic E-state index is 0.0546. The minimum Gasteiger partial charge on any atom is -0.394 e. The number of carbonyl (C=O) groups excluding carboxylic acids is 1. The standard InChI is InChI=1S/C15H20N4O2/c1-11(2)7-13(8-20)18-15(21)12-3-5-14(6-4-12)19-10-16-9-17-19/h3-6,9-11,13,20H,7-8H2,1-2H3,(H,18,21). The molecule has 0 spiro atoms. The second-order valence-corrected chi connectivity index (χ2v) is 5.37. The van der Waals surface area contributed by atoms with Crippen LogP contribution in [0.25, 0.3) is 5.69 Å². The number of rotatable bonds is 6. The van der Waals surface area contributed by atoms with Crippen LogP contribution in [0.5, 0.6) is 0 Å². The molecule has 1 amide bonds. The topological polar surface area (TPSA) is 80.0 Å². The van der Waals surface area contributed by atoms with E-state index in [4.69, 9.17) is 0 Å². The molecule has 112 valence electrons. The van der Waals surface area contributed by atoms with Gasteiger partial charge < -0.3 is 10.4 Å². The summed E-state index contributed by atoms with van der Waals surface area (Å²) in [6.07, 6.45) is 3.80. The molecule has 2 aromatic rings. The van der Waals surface area contributed by atoms with E-state index in [2.05, 4.69) is 29.2 Å². The summed E-state index contributed by atoms with van der Waals surface area (Å²) < 4.78 is 1.62. The molecule has 0 aliphatic rings. The summed E-state index contributed by atoms with van der Waals surface area (Å²) in [5.41, 5.74) is 1.39.